The van der Waals surface area contributed by atoms with Gasteiger partial charge in [0.05, 0.1) is 0 Å². The Bertz CT molecular complexity index is 430. The van der Waals surface area contributed by atoms with E-state index in [1.807, 2.05) is 0 Å². The van der Waals surface area contributed by atoms with Crippen LogP contribution in [-0.2, 0) is 14.3 Å². The molecule has 0 aromatic rings. The molecule has 1 aliphatic heterocycles. The number of piperidine rings is 1. The first kappa shape index (κ1) is 18.3. The number of carboxylic acids is 1. The Balaban J connectivity index is 2.52. The molecule has 1 rings (SSSR count). The van der Waals surface area contributed by atoms with Gasteiger partial charge in [-0.3, -0.25) is 4.79 Å². The van der Waals surface area contributed by atoms with E-state index in [1.165, 1.54) is 0 Å². The monoisotopic (exact) mass is 314 g/mol. The predicted molar refractivity (Wildman–Crippen MR) is 80.4 cm³/mol. The maximum absolute atomic E-state index is 11.8. The molecule has 0 aromatic carbocycles. The summed E-state index contributed by atoms with van der Waals surface area (Å²) < 4.78 is 5.05. The predicted octanol–water partition coefficient (Wildman–Crippen LogP) is 1.61. The molecule has 7 nitrogen and oxygen atoms in total. The van der Waals surface area contributed by atoms with Crippen LogP contribution in [0, 0.1) is 5.92 Å². The molecular formula is C15H26N2O5. The second kappa shape index (κ2) is 7.47. The molecule has 1 unspecified atom stereocenters. The van der Waals surface area contributed by atoms with Crippen molar-refractivity contribution in [1.82, 2.24) is 10.2 Å². The first-order chi connectivity index (χ1) is 10.1. The van der Waals surface area contributed by atoms with E-state index in [0.717, 1.165) is 6.42 Å². The minimum Gasteiger partial charge on any atom is -0.480 e. The molecule has 22 heavy (non-hydrogen) atoms. The van der Waals surface area contributed by atoms with Crippen LogP contribution in [0.2, 0.25) is 0 Å². The minimum absolute atomic E-state index is 0.0412. The van der Waals surface area contributed by atoms with Crippen LogP contribution >= 0.6 is 0 Å². The van der Waals surface area contributed by atoms with Crippen LogP contribution < -0.4 is 5.32 Å². The van der Waals surface area contributed by atoms with E-state index >= 15 is 0 Å². The summed E-state index contributed by atoms with van der Waals surface area (Å²) in [6.45, 7) is 8.13. The summed E-state index contributed by atoms with van der Waals surface area (Å²) >= 11 is 0. The number of rotatable bonds is 5. The fraction of sp³-hybridized carbons (Fsp3) is 0.800. The van der Waals surface area contributed by atoms with E-state index in [4.69, 9.17) is 4.74 Å². The Morgan fingerprint density at radius 3 is 2.64 bits per heavy atom. The zero-order chi connectivity index (χ0) is 16.9. The van der Waals surface area contributed by atoms with Crippen LogP contribution in [0.1, 0.15) is 47.0 Å². The molecule has 2 N–H and O–H groups in total. The number of likely N-dealkylation sites (tertiary alicyclic amines) is 1. The zero-order valence-electron chi connectivity index (χ0n) is 13.7. The molecule has 1 fully saturated rings. The number of carbonyl (C=O) groups is 3. The van der Waals surface area contributed by atoms with Gasteiger partial charge >= 0.3 is 12.1 Å². The average molecular weight is 314 g/mol. The first-order valence-corrected chi connectivity index (χ1v) is 7.58. The summed E-state index contributed by atoms with van der Waals surface area (Å²) in [5.74, 6) is -0.678. The van der Waals surface area contributed by atoms with Gasteiger partial charge in [-0.2, -0.15) is 0 Å². The lowest BCUT2D eigenvalue weighted by molar-refractivity contribution is -0.141. The molecule has 1 saturated heterocycles. The maximum Gasteiger partial charge on any atom is 0.408 e. The third-order valence-corrected chi connectivity index (χ3v) is 3.41. The molecule has 0 saturated carbocycles. The molecule has 0 spiro atoms. The lowest BCUT2D eigenvalue weighted by Crippen LogP contribution is -2.47. The van der Waals surface area contributed by atoms with Gasteiger partial charge in [0.15, 0.2) is 0 Å². The second-order valence-corrected chi connectivity index (χ2v) is 6.81. The van der Waals surface area contributed by atoms with Gasteiger partial charge in [-0.25, -0.2) is 9.59 Å². The highest BCUT2D eigenvalue weighted by molar-refractivity contribution is 5.80. The Morgan fingerprint density at radius 2 is 2.09 bits per heavy atom. The number of hydrogen-bond donors (Lipinski definition) is 2. The summed E-state index contributed by atoms with van der Waals surface area (Å²) in [5.41, 5.74) is -0.689. The Kier molecular flexibility index (Phi) is 6.20. The van der Waals surface area contributed by atoms with Crippen LogP contribution in [0.3, 0.4) is 0 Å². The van der Waals surface area contributed by atoms with Crippen molar-refractivity contribution in [2.45, 2.75) is 58.6 Å². The Labute approximate surface area is 131 Å². The molecule has 0 bridgehead atoms. The highest BCUT2D eigenvalue weighted by atomic mass is 16.6. The van der Waals surface area contributed by atoms with Gasteiger partial charge in [0.2, 0.25) is 5.91 Å². The van der Waals surface area contributed by atoms with E-state index in [1.54, 1.807) is 25.7 Å². The van der Waals surface area contributed by atoms with E-state index in [-0.39, 0.29) is 12.3 Å². The summed E-state index contributed by atoms with van der Waals surface area (Å²) in [6, 6.07) is -1.07. The molecular weight excluding hydrogens is 288 g/mol. The standard InChI is InChI=1S/C15H26N2O5/c1-10-5-6-12(18)17(9-10)8-7-11(13(19)20)16-14(21)22-15(2,3)4/h10-11H,5-9H2,1-4H3,(H,16,21)(H,19,20)/t10-,11?/m1/s1. The minimum atomic E-state index is -1.14. The molecule has 126 valence electrons. The van der Waals surface area contributed by atoms with Crippen LogP contribution in [0.5, 0.6) is 0 Å². The SMILES string of the molecule is C[C@@H]1CCC(=O)N(CCC(NC(=O)OC(C)(C)C)C(=O)O)C1. The van der Waals surface area contributed by atoms with Crippen molar-refractivity contribution in [3.8, 4) is 0 Å². The van der Waals surface area contributed by atoms with Crippen LogP contribution in [0.4, 0.5) is 4.79 Å². The van der Waals surface area contributed by atoms with E-state index in [0.29, 0.717) is 25.4 Å². The van der Waals surface area contributed by atoms with Crippen LogP contribution in [0.15, 0.2) is 0 Å². The summed E-state index contributed by atoms with van der Waals surface area (Å²) in [6.07, 6.45) is 0.762. The largest absolute Gasteiger partial charge is 0.480 e. The van der Waals surface area contributed by atoms with Crippen molar-refractivity contribution in [1.29, 1.82) is 0 Å². The quantitative estimate of drug-likeness (QED) is 0.804. The summed E-state index contributed by atoms with van der Waals surface area (Å²) in [7, 11) is 0. The first-order valence-electron chi connectivity index (χ1n) is 7.58. The third-order valence-electron chi connectivity index (χ3n) is 3.41. The third kappa shape index (κ3) is 6.32. The number of hydrogen-bond acceptors (Lipinski definition) is 4. The molecule has 7 heteroatoms. The molecule has 1 aliphatic rings. The molecule has 2 atom stereocenters. The van der Waals surface area contributed by atoms with Gasteiger partial charge in [0, 0.05) is 19.5 Å². The van der Waals surface area contributed by atoms with Crippen molar-refractivity contribution in [2.75, 3.05) is 13.1 Å². The zero-order valence-corrected chi connectivity index (χ0v) is 13.7. The van der Waals surface area contributed by atoms with Crippen molar-refractivity contribution >= 4 is 18.0 Å². The summed E-state index contributed by atoms with van der Waals surface area (Å²) in [5, 5.41) is 11.5. The molecule has 1 heterocycles. The number of nitrogens with one attached hydrogen (secondary N) is 1. The lowest BCUT2D eigenvalue weighted by atomic mass is 9.99. The number of nitrogens with zero attached hydrogens (tertiary/aromatic N) is 1. The highest BCUT2D eigenvalue weighted by Crippen LogP contribution is 2.17. The van der Waals surface area contributed by atoms with Gasteiger partial charge in [-0.1, -0.05) is 6.92 Å². The topological polar surface area (TPSA) is 95.9 Å². The van der Waals surface area contributed by atoms with Crippen LogP contribution in [0.25, 0.3) is 0 Å². The van der Waals surface area contributed by atoms with Crippen molar-refractivity contribution in [3.05, 3.63) is 0 Å². The lowest BCUT2D eigenvalue weighted by Gasteiger charge is -2.31. The number of aliphatic carboxylic acids is 1. The smallest absolute Gasteiger partial charge is 0.408 e. The van der Waals surface area contributed by atoms with E-state index in [2.05, 4.69) is 12.2 Å². The maximum atomic E-state index is 11.8. The van der Waals surface area contributed by atoms with Gasteiger partial charge in [-0.15, -0.1) is 0 Å². The van der Waals surface area contributed by atoms with Gasteiger partial charge in [0.25, 0.3) is 0 Å². The van der Waals surface area contributed by atoms with Gasteiger partial charge in [-0.05, 0) is 39.5 Å². The average Bonchev–Trinajstić information content (AvgIpc) is 2.35. The number of carbonyl (C=O) groups excluding carboxylic acids is 2. The van der Waals surface area contributed by atoms with Crippen molar-refractivity contribution < 1.29 is 24.2 Å². The number of carboxylic acid groups (broad SMARTS) is 1. The van der Waals surface area contributed by atoms with Gasteiger partial charge < -0.3 is 20.1 Å². The highest BCUT2D eigenvalue weighted by Gasteiger charge is 2.27. The fourth-order valence-corrected chi connectivity index (χ4v) is 2.31. The number of amides is 2. The van der Waals surface area contributed by atoms with Crippen molar-refractivity contribution in [3.63, 3.8) is 0 Å². The molecule has 0 aliphatic carbocycles. The Hall–Kier alpha value is -1.79. The fourth-order valence-electron chi connectivity index (χ4n) is 2.31. The van der Waals surface area contributed by atoms with Gasteiger partial charge in [0.1, 0.15) is 11.6 Å². The molecule has 0 radical (unpaired) electrons. The van der Waals surface area contributed by atoms with E-state index < -0.39 is 23.7 Å². The van der Waals surface area contributed by atoms with Crippen LogP contribution in [-0.4, -0.2) is 52.7 Å². The van der Waals surface area contributed by atoms with Crippen molar-refractivity contribution in [2.24, 2.45) is 5.92 Å². The molecule has 2 amide bonds. The normalized spacial score (nSPS) is 20.5. The molecule has 0 aromatic heterocycles. The second-order valence-electron chi connectivity index (χ2n) is 6.81. The summed E-state index contributed by atoms with van der Waals surface area (Å²) in [4.78, 5) is 36.4. The Morgan fingerprint density at radius 1 is 1.45 bits per heavy atom. The number of ether oxygens (including phenoxy) is 1. The van der Waals surface area contributed by atoms with E-state index in [9.17, 15) is 19.5 Å². The number of alkyl carbamates (subject to hydrolysis) is 1.